The van der Waals surface area contributed by atoms with Gasteiger partial charge in [-0.2, -0.15) is 0 Å². The Bertz CT molecular complexity index is 932. The van der Waals surface area contributed by atoms with Crippen LogP contribution in [0.15, 0.2) is 35.3 Å². The zero-order valence-electron chi connectivity index (χ0n) is 14.8. The van der Waals surface area contributed by atoms with Crippen molar-refractivity contribution in [3.05, 3.63) is 57.9 Å². The number of carbonyl (C=O) groups is 1. The molecule has 2 N–H and O–H groups in total. The molecule has 0 aliphatic heterocycles. The van der Waals surface area contributed by atoms with Crippen LogP contribution in [0.3, 0.4) is 0 Å². The number of Topliss-reactive ketones (excluding diaryl/α,β-unsaturated/α-hetero) is 1. The summed E-state index contributed by atoms with van der Waals surface area (Å²) in [5.41, 5.74) is 2.40. The molecule has 25 heavy (non-hydrogen) atoms. The van der Waals surface area contributed by atoms with Gasteiger partial charge in [0.05, 0.1) is 18.4 Å². The molecule has 0 radical (unpaired) electrons. The summed E-state index contributed by atoms with van der Waals surface area (Å²) < 4.78 is 0. The molecule has 0 spiro atoms. The second kappa shape index (κ2) is 8.14. The van der Waals surface area contributed by atoms with Crippen molar-refractivity contribution in [2.75, 3.05) is 5.32 Å². The van der Waals surface area contributed by atoms with Crippen LogP contribution in [0, 0.1) is 6.92 Å². The van der Waals surface area contributed by atoms with Crippen LogP contribution in [0.25, 0.3) is 11.2 Å². The number of nitrogens with zero attached hydrogens (tertiary/aromatic N) is 3. The predicted molar refractivity (Wildman–Crippen MR) is 97.8 cm³/mol. The Kier molecular flexibility index (Phi) is 5.94. The smallest absolute Gasteiger partial charge is 0.279 e. The van der Waals surface area contributed by atoms with E-state index in [0.717, 1.165) is 5.69 Å². The van der Waals surface area contributed by atoms with E-state index in [1.54, 1.807) is 25.3 Å². The highest BCUT2D eigenvalue weighted by Gasteiger charge is 2.06. The maximum absolute atomic E-state index is 11.9. The molecule has 3 aromatic rings. The highest BCUT2D eigenvalue weighted by molar-refractivity contribution is 5.94. The van der Waals surface area contributed by atoms with Crippen molar-refractivity contribution in [3.8, 4) is 0 Å². The molecule has 7 nitrogen and oxygen atoms in total. The van der Waals surface area contributed by atoms with Gasteiger partial charge in [0.1, 0.15) is 5.82 Å². The van der Waals surface area contributed by atoms with Crippen molar-refractivity contribution in [2.24, 2.45) is 0 Å². The molecule has 0 saturated carbocycles. The van der Waals surface area contributed by atoms with Crippen LogP contribution in [0.2, 0.25) is 0 Å². The molecule has 0 atom stereocenters. The van der Waals surface area contributed by atoms with Gasteiger partial charge in [-0.25, -0.2) is 15.0 Å². The molecule has 130 valence electrons. The van der Waals surface area contributed by atoms with E-state index >= 15 is 0 Å². The van der Waals surface area contributed by atoms with Gasteiger partial charge in [0.25, 0.3) is 5.56 Å². The van der Waals surface area contributed by atoms with E-state index in [-0.39, 0.29) is 16.9 Å². The molecule has 0 unspecified atom stereocenters. The lowest BCUT2D eigenvalue weighted by Gasteiger charge is -2.07. The van der Waals surface area contributed by atoms with Gasteiger partial charge in [0.2, 0.25) is 0 Å². The number of aromatic nitrogens is 4. The fourth-order valence-corrected chi connectivity index (χ4v) is 2.16. The first kappa shape index (κ1) is 18.3. The molecule has 3 rings (SSSR count). The number of aryl methyl sites for hydroxylation is 1. The van der Waals surface area contributed by atoms with Gasteiger partial charge in [-0.3, -0.25) is 9.59 Å². The highest BCUT2D eigenvalue weighted by atomic mass is 16.1. The number of hydrogen-bond donors (Lipinski definition) is 2. The molecular weight excluding hydrogens is 318 g/mol. The van der Waals surface area contributed by atoms with Crippen LogP contribution in [0.4, 0.5) is 5.69 Å². The number of benzene rings is 1. The third-order valence-electron chi connectivity index (χ3n) is 3.35. The minimum absolute atomic E-state index is 0.0268. The van der Waals surface area contributed by atoms with E-state index in [2.05, 4.69) is 25.3 Å². The van der Waals surface area contributed by atoms with E-state index in [9.17, 15) is 9.59 Å². The fraction of sp³-hybridized carbons (Fsp3) is 0.278. The third kappa shape index (κ3) is 4.47. The Balaban J connectivity index is 0.00000109. The second-order valence-electron chi connectivity index (χ2n) is 5.17. The van der Waals surface area contributed by atoms with Crippen molar-refractivity contribution in [2.45, 2.75) is 34.2 Å². The molecule has 0 amide bonds. The molecular formula is C18H21N5O2. The van der Waals surface area contributed by atoms with E-state index in [4.69, 9.17) is 0 Å². The lowest BCUT2D eigenvalue weighted by atomic mass is 10.1. The summed E-state index contributed by atoms with van der Waals surface area (Å²) in [5, 5.41) is 3.18. The van der Waals surface area contributed by atoms with Gasteiger partial charge < -0.3 is 10.3 Å². The highest BCUT2D eigenvalue weighted by Crippen LogP contribution is 2.11. The van der Waals surface area contributed by atoms with Crippen molar-refractivity contribution in [3.63, 3.8) is 0 Å². The zero-order chi connectivity index (χ0) is 18.4. The number of anilines is 1. The van der Waals surface area contributed by atoms with Crippen molar-refractivity contribution in [1.82, 2.24) is 19.9 Å². The quantitative estimate of drug-likeness (QED) is 0.709. The molecule has 1 aromatic carbocycles. The molecule has 0 aliphatic rings. The van der Waals surface area contributed by atoms with Gasteiger partial charge in [-0.1, -0.05) is 13.8 Å². The summed E-state index contributed by atoms with van der Waals surface area (Å²) >= 11 is 0. The topological polar surface area (TPSA) is 101 Å². The lowest BCUT2D eigenvalue weighted by Crippen LogP contribution is -2.14. The number of nitrogens with one attached hydrogen (secondary N) is 2. The van der Waals surface area contributed by atoms with Gasteiger partial charge in [0.15, 0.2) is 16.9 Å². The SMILES string of the molecule is CC.CC(=O)c1ccc(NCc2cnc3nc(C)[nH]c(=O)c3n2)cc1. The van der Waals surface area contributed by atoms with Gasteiger partial charge in [-0.15, -0.1) is 0 Å². The first-order valence-corrected chi connectivity index (χ1v) is 8.10. The van der Waals surface area contributed by atoms with Crippen LogP contribution in [0.1, 0.15) is 42.6 Å². The summed E-state index contributed by atoms with van der Waals surface area (Å²) in [6, 6.07) is 7.16. The number of rotatable bonds is 4. The Labute approximate surface area is 145 Å². The number of ketones is 1. The summed E-state index contributed by atoms with van der Waals surface area (Å²) in [4.78, 5) is 38.3. The second-order valence-corrected chi connectivity index (χ2v) is 5.17. The molecule has 7 heteroatoms. The Morgan fingerprint density at radius 3 is 2.48 bits per heavy atom. The van der Waals surface area contributed by atoms with Crippen LogP contribution in [0.5, 0.6) is 0 Å². The van der Waals surface area contributed by atoms with Crippen molar-refractivity contribution >= 4 is 22.6 Å². The van der Waals surface area contributed by atoms with Gasteiger partial charge in [0, 0.05) is 11.3 Å². The number of H-pyrrole nitrogens is 1. The fourth-order valence-electron chi connectivity index (χ4n) is 2.16. The molecule has 2 heterocycles. The molecule has 0 bridgehead atoms. The summed E-state index contributed by atoms with van der Waals surface area (Å²) in [5.74, 6) is 0.534. The first-order valence-electron chi connectivity index (χ1n) is 8.10. The van der Waals surface area contributed by atoms with Crippen molar-refractivity contribution in [1.29, 1.82) is 0 Å². The van der Waals surface area contributed by atoms with E-state index in [1.807, 2.05) is 26.0 Å². The Morgan fingerprint density at radius 1 is 1.16 bits per heavy atom. The zero-order valence-corrected chi connectivity index (χ0v) is 14.8. The average molecular weight is 339 g/mol. The molecule has 0 aliphatic carbocycles. The summed E-state index contributed by atoms with van der Waals surface area (Å²) in [6.07, 6.45) is 1.59. The Hall–Kier alpha value is -3.09. The van der Waals surface area contributed by atoms with Crippen LogP contribution in [-0.2, 0) is 6.54 Å². The summed E-state index contributed by atoms with van der Waals surface area (Å²) in [6.45, 7) is 7.64. The van der Waals surface area contributed by atoms with Crippen LogP contribution >= 0.6 is 0 Å². The monoisotopic (exact) mass is 339 g/mol. The van der Waals surface area contributed by atoms with Crippen molar-refractivity contribution < 1.29 is 4.79 Å². The number of fused-ring (bicyclic) bond motifs is 1. The van der Waals surface area contributed by atoms with E-state index in [1.165, 1.54) is 6.92 Å². The molecule has 0 fully saturated rings. The maximum Gasteiger partial charge on any atom is 0.279 e. The van der Waals surface area contributed by atoms with Gasteiger partial charge >= 0.3 is 0 Å². The van der Waals surface area contributed by atoms with E-state index in [0.29, 0.717) is 29.3 Å². The van der Waals surface area contributed by atoms with Crippen LogP contribution < -0.4 is 10.9 Å². The normalized spacial score (nSPS) is 10.1. The Morgan fingerprint density at radius 2 is 1.84 bits per heavy atom. The molecule has 0 saturated heterocycles. The van der Waals surface area contributed by atoms with E-state index < -0.39 is 0 Å². The lowest BCUT2D eigenvalue weighted by molar-refractivity contribution is 0.101. The maximum atomic E-state index is 11.9. The minimum Gasteiger partial charge on any atom is -0.379 e. The third-order valence-corrected chi connectivity index (χ3v) is 3.35. The van der Waals surface area contributed by atoms with Crippen LogP contribution in [-0.4, -0.2) is 25.7 Å². The largest absolute Gasteiger partial charge is 0.379 e. The number of carbonyl (C=O) groups excluding carboxylic acids is 1. The minimum atomic E-state index is -0.298. The number of hydrogen-bond acceptors (Lipinski definition) is 6. The average Bonchev–Trinajstić information content (AvgIpc) is 2.62. The number of aromatic amines is 1. The summed E-state index contributed by atoms with van der Waals surface area (Å²) in [7, 11) is 0. The first-order chi connectivity index (χ1) is 12.0. The van der Waals surface area contributed by atoms with Gasteiger partial charge in [-0.05, 0) is 38.1 Å². The predicted octanol–water partition coefficient (Wildman–Crippen LogP) is 2.86. The molecule has 2 aromatic heterocycles. The standard InChI is InChI=1S/C16H15N5O2.C2H6/c1-9(22)11-3-5-12(6-4-11)17-7-13-8-18-15-14(21-13)16(23)20-10(2)19-15;1-2/h3-6,8,17H,7H2,1-2H3,(H,18,19,20,23);1-2H3.